The number of hydrogen-bond donors (Lipinski definition) is 0. The minimum absolute atomic E-state index is 0.107. The van der Waals surface area contributed by atoms with Crippen LogP contribution in [-0.2, 0) is 4.74 Å². The van der Waals surface area contributed by atoms with Crippen LogP contribution in [0.2, 0.25) is 0 Å². The van der Waals surface area contributed by atoms with E-state index in [9.17, 15) is 9.18 Å². The summed E-state index contributed by atoms with van der Waals surface area (Å²) in [5.74, 6) is -0.624. The second kappa shape index (κ2) is 6.53. The number of likely N-dealkylation sites (tertiary alicyclic amines) is 1. The van der Waals surface area contributed by atoms with E-state index in [1.807, 2.05) is 0 Å². The summed E-state index contributed by atoms with van der Waals surface area (Å²) in [6.07, 6.45) is 6.29. The van der Waals surface area contributed by atoms with Crippen molar-refractivity contribution in [2.75, 3.05) is 33.8 Å². The fraction of sp³-hybridized carbons (Fsp3) is 0.647. The fourth-order valence-corrected chi connectivity index (χ4v) is 3.62. The van der Waals surface area contributed by atoms with E-state index < -0.39 is 5.82 Å². The van der Waals surface area contributed by atoms with Gasteiger partial charge in [-0.2, -0.15) is 0 Å². The van der Waals surface area contributed by atoms with Gasteiger partial charge in [-0.25, -0.2) is 4.39 Å². The van der Waals surface area contributed by atoms with E-state index in [0.717, 1.165) is 38.5 Å². The smallest absolute Gasteiger partial charge is 0.255 e. The number of halogens is 1. The van der Waals surface area contributed by atoms with Gasteiger partial charge in [0.1, 0.15) is 5.82 Å². The van der Waals surface area contributed by atoms with Gasteiger partial charge in [0.25, 0.3) is 5.91 Å². The Hall–Kier alpha value is -1.53. The van der Waals surface area contributed by atoms with Gasteiger partial charge in [0, 0.05) is 31.9 Å². The Labute approximate surface area is 136 Å². The van der Waals surface area contributed by atoms with Crippen LogP contribution in [0.25, 0.3) is 0 Å². The monoisotopic (exact) mass is 321 g/mol. The molecule has 126 valence electrons. The Balaban J connectivity index is 1.63. The molecular weight excluding hydrogens is 297 g/mol. The Morgan fingerprint density at radius 3 is 2.78 bits per heavy atom. The van der Waals surface area contributed by atoms with Gasteiger partial charge >= 0.3 is 0 Å². The lowest BCUT2D eigenvalue weighted by Crippen LogP contribution is -2.53. The molecule has 2 aliphatic heterocycles. The molecular formula is C17H24FN3O2. The molecule has 3 rings (SSSR count). The van der Waals surface area contributed by atoms with Gasteiger partial charge in [0.05, 0.1) is 17.4 Å². The molecule has 0 N–H and O–H groups in total. The van der Waals surface area contributed by atoms with Crippen molar-refractivity contribution in [1.82, 2.24) is 14.8 Å². The Morgan fingerprint density at radius 2 is 2.13 bits per heavy atom. The number of hydrogen-bond acceptors (Lipinski definition) is 4. The standard InChI is InChI=1S/C17H24FN3O2/c1-20(2)15-3-8-23-17(10-15)4-6-21(7-5-17)16(22)13-9-14(18)12-19-11-13/h9,11-12,15H,3-8,10H2,1-2H3/t15-/m1/s1. The number of pyridine rings is 1. The van der Waals surface area contributed by atoms with Gasteiger partial charge in [-0.05, 0) is 45.8 Å². The van der Waals surface area contributed by atoms with E-state index in [1.165, 1.54) is 12.3 Å². The first-order valence-corrected chi connectivity index (χ1v) is 8.19. The summed E-state index contributed by atoms with van der Waals surface area (Å²) >= 11 is 0. The summed E-state index contributed by atoms with van der Waals surface area (Å²) in [4.78, 5) is 20.3. The third-order valence-electron chi connectivity index (χ3n) is 5.11. The number of amides is 1. The van der Waals surface area contributed by atoms with Crippen LogP contribution in [0.4, 0.5) is 4.39 Å². The van der Waals surface area contributed by atoms with Crippen molar-refractivity contribution in [3.05, 3.63) is 29.8 Å². The minimum Gasteiger partial charge on any atom is -0.375 e. The van der Waals surface area contributed by atoms with Crippen LogP contribution in [0.1, 0.15) is 36.0 Å². The van der Waals surface area contributed by atoms with Crippen molar-refractivity contribution in [3.8, 4) is 0 Å². The second-order valence-electron chi connectivity index (χ2n) is 6.83. The average molecular weight is 321 g/mol. The average Bonchev–Trinajstić information content (AvgIpc) is 2.55. The van der Waals surface area contributed by atoms with Crippen molar-refractivity contribution in [2.24, 2.45) is 0 Å². The van der Waals surface area contributed by atoms with Crippen LogP contribution >= 0.6 is 0 Å². The molecule has 2 aliphatic rings. The molecule has 0 aromatic carbocycles. The number of carbonyl (C=O) groups is 1. The lowest BCUT2D eigenvalue weighted by molar-refractivity contribution is -0.125. The fourth-order valence-electron chi connectivity index (χ4n) is 3.62. The van der Waals surface area contributed by atoms with E-state index >= 15 is 0 Å². The predicted molar refractivity (Wildman–Crippen MR) is 84.7 cm³/mol. The molecule has 0 radical (unpaired) electrons. The zero-order valence-corrected chi connectivity index (χ0v) is 13.8. The molecule has 1 spiro atoms. The highest BCUT2D eigenvalue weighted by Gasteiger charge is 2.41. The number of aromatic nitrogens is 1. The summed E-state index contributed by atoms with van der Waals surface area (Å²) in [6.45, 7) is 2.08. The Bertz CT molecular complexity index is 571. The maximum absolute atomic E-state index is 13.2. The Morgan fingerprint density at radius 1 is 1.39 bits per heavy atom. The summed E-state index contributed by atoms with van der Waals surface area (Å²) in [6, 6.07) is 1.79. The lowest BCUT2D eigenvalue weighted by atomic mass is 9.82. The Kier molecular flexibility index (Phi) is 4.64. The first-order valence-electron chi connectivity index (χ1n) is 8.19. The molecule has 0 saturated carbocycles. The summed E-state index contributed by atoms with van der Waals surface area (Å²) < 4.78 is 19.3. The third kappa shape index (κ3) is 3.53. The lowest BCUT2D eigenvalue weighted by Gasteiger charge is -2.47. The van der Waals surface area contributed by atoms with E-state index in [1.54, 1.807) is 4.90 Å². The van der Waals surface area contributed by atoms with Crippen molar-refractivity contribution in [1.29, 1.82) is 0 Å². The van der Waals surface area contributed by atoms with Crippen LogP contribution in [-0.4, -0.2) is 66.1 Å². The number of carbonyl (C=O) groups excluding carboxylic acids is 1. The van der Waals surface area contributed by atoms with E-state index in [2.05, 4.69) is 24.0 Å². The molecule has 1 aromatic rings. The van der Waals surface area contributed by atoms with Crippen molar-refractivity contribution >= 4 is 5.91 Å². The molecule has 2 saturated heterocycles. The molecule has 6 heteroatoms. The largest absolute Gasteiger partial charge is 0.375 e. The number of ether oxygens (including phenoxy) is 1. The van der Waals surface area contributed by atoms with Crippen LogP contribution in [0.3, 0.4) is 0 Å². The van der Waals surface area contributed by atoms with E-state index in [-0.39, 0.29) is 11.5 Å². The van der Waals surface area contributed by atoms with Crippen LogP contribution in [0.5, 0.6) is 0 Å². The van der Waals surface area contributed by atoms with Gasteiger partial charge in [-0.3, -0.25) is 9.78 Å². The maximum Gasteiger partial charge on any atom is 0.255 e. The molecule has 5 nitrogen and oxygen atoms in total. The molecule has 2 fully saturated rings. The molecule has 0 bridgehead atoms. The van der Waals surface area contributed by atoms with Crippen LogP contribution in [0, 0.1) is 5.82 Å². The first kappa shape index (κ1) is 16.3. The van der Waals surface area contributed by atoms with Crippen molar-refractivity contribution < 1.29 is 13.9 Å². The topological polar surface area (TPSA) is 45.7 Å². The number of nitrogens with zero attached hydrogens (tertiary/aromatic N) is 3. The second-order valence-corrected chi connectivity index (χ2v) is 6.83. The maximum atomic E-state index is 13.2. The van der Waals surface area contributed by atoms with E-state index in [4.69, 9.17) is 4.74 Å². The number of piperidine rings is 1. The molecule has 1 aromatic heterocycles. The van der Waals surface area contributed by atoms with Crippen molar-refractivity contribution in [2.45, 2.75) is 37.3 Å². The first-order chi connectivity index (χ1) is 11.0. The van der Waals surface area contributed by atoms with Gasteiger partial charge < -0.3 is 14.5 Å². The van der Waals surface area contributed by atoms with Crippen LogP contribution in [0.15, 0.2) is 18.5 Å². The molecule has 3 heterocycles. The zero-order valence-electron chi connectivity index (χ0n) is 13.8. The molecule has 1 atom stereocenters. The third-order valence-corrected chi connectivity index (χ3v) is 5.11. The van der Waals surface area contributed by atoms with Gasteiger partial charge in [-0.1, -0.05) is 0 Å². The summed E-state index contributed by atoms with van der Waals surface area (Å²) in [7, 11) is 4.22. The zero-order chi connectivity index (χ0) is 16.4. The van der Waals surface area contributed by atoms with Gasteiger partial charge in [0.15, 0.2) is 0 Å². The highest BCUT2D eigenvalue weighted by atomic mass is 19.1. The van der Waals surface area contributed by atoms with Crippen LogP contribution < -0.4 is 0 Å². The molecule has 0 aliphatic carbocycles. The van der Waals surface area contributed by atoms with Gasteiger partial charge in [-0.15, -0.1) is 0 Å². The summed E-state index contributed by atoms with van der Waals surface area (Å²) in [5.41, 5.74) is 0.209. The highest BCUT2D eigenvalue weighted by molar-refractivity contribution is 5.94. The van der Waals surface area contributed by atoms with Crippen molar-refractivity contribution in [3.63, 3.8) is 0 Å². The highest BCUT2D eigenvalue weighted by Crippen LogP contribution is 2.36. The quantitative estimate of drug-likeness (QED) is 0.835. The van der Waals surface area contributed by atoms with Gasteiger partial charge in [0.2, 0.25) is 0 Å². The predicted octanol–water partition coefficient (Wildman–Crippen LogP) is 1.94. The normalized spacial score (nSPS) is 24.2. The minimum atomic E-state index is -0.478. The molecule has 23 heavy (non-hydrogen) atoms. The van der Waals surface area contributed by atoms with E-state index in [0.29, 0.717) is 24.7 Å². The number of rotatable bonds is 2. The molecule has 1 amide bonds. The molecule has 0 unspecified atom stereocenters. The SMILES string of the molecule is CN(C)[C@@H]1CCOC2(CCN(C(=O)c3cncc(F)c3)CC2)C1. The summed E-state index contributed by atoms with van der Waals surface area (Å²) in [5, 5.41) is 0.